The van der Waals surface area contributed by atoms with Crippen LogP contribution in [0, 0.1) is 6.92 Å². The Morgan fingerprint density at radius 3 is 3.05 bits per heavy atom. The number of carbonyl (C=O) groups is 1. The van der Waals surface area contributed by atoms with Crippen LogP contribution in [-0.2, 0) is 4.74 Å². The van der Waals surface area contributed by atoms with Crippen molar-refractivity contribution in [3.05, 3.63) is 29.0 Å². The van der Waals surface area contributed by atoms with Gasteiger partial charge in [-0.3, -0.25) is 4.79 Å². The van der Waals surface area contributed by atoms with E-state index in [1.165, 1.54) is 11.3 Å². The van der Waals surface area contributed by atoms with Crippen molar-refractivity contribution in [3.63, 3.8) is 0 Å². The minimum absolute atomic E-state index is 0.0356. The molecule has 106 valence electrons. The predicted octanol–water partition coefficient (Wildman–Crippen LogP) is 2.57. The van der Waals surface area contributed by atoms with Crippen molar-refractivity contribution < 1.29 is 13.9 Å². The number of aryl methyl sites for hydroxylation is 1. The Kier molecular flexibility index (Phi) is 3.58. The Hall–Kier alpha value is -1.66. The van der Waals surface area contributed by atoms with Crippen molar-refractivity contribution >= 4 is 17.2 Å². The summed E-state index contributed by atoms with van der Waals surface area (Å²) in [5.74, 6) is 1.51. The Morgan fingerprint density at radius 2 is 2.35 bits per heavy atom. The summed E-state index contributed by atoms with van der Waals surface area (Å²) in [6.07, 6.45) is 0. The van der Waals surface area contributed by atoms with Crippen LogP contribution in [0.5, 0.6) is 0 Å². The number of hydrogen-bond donors (Lipinski definition) is 0. The van der Waals surface area contributed by atoms with Gasteiger partial charge in [0.05, 0.1) is 19.3 Å². The van der Waals surface area contributed by atoms with Crippen LogP contribution in [0.25, 0.3) is 10.8 Å². The van der Waals surface area contributed by atoms with Crippen LogP contribution in [0.2, 0.25) is 0 Å². The van der Waals surface area contributed by atoms with E-state index < -0.39 is 0 Å². The van der Waals surface area contributed by atoms with Crippen molar-refractivity contribution in [2.45, 2.75) is 19.9 Å². The lowest BCUT2D eigenvalue weighted by Gasteiger charge is -2.32. The van der Waals surface area contributed by atoms with E-state index >= 15 is 0 Å². The molecule has 0 aromatic carbocycles. The van der Waals surface area contributed by atoms with Gasteiger partial charge in [0.1, 0.15) is 11.5 Å². The van der Waals surface area contributed by atoms with Crippen molar-refractivity contribution in [2.24, 2.45) is 0 Å². The molecule has 0 radical (unpaired) electrons. The summed E-state index contributed by atoms with van der Waals surface area (Å²) in [6.45, 7) is 5.66. The van der Waals surface area contributed by atoms with Crippen LogP contribution in [0.1, 0.15) is 23.2 Å². The second-order valence-corrected chi connectivity index (χ2v) is 5.73. The molecule has 1 amide bonds. The first-order valence-electron chi connectivity index (χ1n) is 6.56. The third-order valence-electron chi connectivity index (χ3n) is 3.30. The smallest absolute Gasteiger partial charge is 0.273 e. The maximum Gasteiger partial charge on any atom is 0.273 e. The van der Waals surface area contributed by atoms with E-state index in [0.717, 1.165) is 10.8 Å². The molecule has 20 heavy (non-hydrogen) atoms. The van der Waals surface area contributed by atoms with Crippen LogP contribution in [-0.4, -0.2) is 41.6 Å². The molecule has 5 nitrogen and oxygen atoms in total. The van der Waals surface area contributed by atoms with E-state index in [1.54, 1.807) is 5.38 Å². The highest BCUT2D eigenvalue weighted by atomic mass is 32.1. The average molecular weight is 292 g/mol. The van der Waals surface area contributed by atoms with Gasteiger partial charge in [-0.1, -0.05) is 0 Å². The van der Waals surface area contributed by atoms with Crippen LogP contribution < -0.4 is 0 Å². The number of aromatic nitrogens is 1. The van der Waals surface area contributed by atoms with Crippen LogP contribution in [0.15, 0.2) is 21.9 Å². The Bertz CT molecular complexity index is 619. The predicted molar refractivity (Wildman–Crippen MR) is 75.9 cm³/mol. The summed E-state index contributed by atoms with van der Waals surface area (Å²) in [5, 5.41) is 2.53. The van der Waals surface area contributed by atoms with Gasteiger partial charge in [0.15, 0.2) is 10.8 Å². The third kappa shape index (κ3) is 2.48. The third-order valence-corrected chi connectivity index (χ3v) is 4.16. The molecule has 1 fully saturated rings. The standard InChI is InChI=1S/C14H16N2O3S/c1-9-7-18-6-5-16(9)14(17)11-8-20-13(15-11)12-4-3-10(2)19-12/h3-4,8-9H,5-7H2,1-2H3/t9-/m1/s1. The van der Waals surface area contributed by atoms with Crippen LogP contribution in [0.3, 0.4) is 0 Å². The monoisotopic (exact) mass is 292 g/mol. The van der Waals surface area contributed by atoms with Crippen LogP contribution in [0.4, 0.5) is 0 Å². The number of furan rings is 1. The normalized spacial score (nSPS) is 19.3. The molecule has 2 aromatic heterocycles. The largest absolute Gasteiger partial charge is 0.459 e. The van der Waals surface area contributed by atoms with Crippen molar-refractivity contribution in [2.75, 3.05) is 19.8 Å². The zero-order valence-corrected chi connectivity index (χ0v) is 12.3. The fourth-order valence-electron chi connectivity index (χ4n) is 2.21. The number of rotatable bonds is 2. The lowest BCUT2D eigenvalue weighted by Crippen LogP contribution is -2.47. The van der Waals surface area contributed by atoms with Crippen molar-refractivity contribution in [1.29, 1.82) is 0 Å². The molecule has 3 rings (SSSR count). The first-order valence-corrected chi connectivity index (χ1v) is 7.44. The van der Waals surface area contributed by atoms with Gasteiger partial charge < -0.3 is 14.1 Å². The molecule has 1 saturated heterocycles. The van der Waals surface area contributed by atoms with Gasteiger partial charge in [0, 0.05) is 11.9 Å². The van der Waals surface area contributed by atoms with Gasteiger partial charge in [0.25, 0.3) is 5.91 Å². The zero-order valence-electron chi connectivity index (χ0n) is 11.5. The van der Waals surface area contributed by atoms with Gasteiger partial charge in [-0.25, -0.2) is 4.98 Å². The van der Waals surface area contributed by atoms with Gasteiger partial charge in [0.2, 0.25) is 0 Å². The number of morpholine rings is 1. The average Bonchev–Trinajstić information content (AvgIpc) is 3.07. The number of thiazole rings is 1. The van der Waals surface area contributed by atoms with Gasteiger partial charge in [-0.15, -0.1) is 11.3 Å². The van der Waals surface area contributed by atoms with Crippen molar-refractivity contribution in [3.8, 4) is 10.8 Å². The van der Waals surface area contributed by atoms with E-state index in [-0.39, 0.29) is 11.9 Å². The first-order chi connectivity index (χ1) is 9.65. The molecule has 0 aliphatic carbocycles. The molecule has 0 spiro atoms. The Labute approximate surface area is 121 Å². The Balaban J connectivity index is 1.81. The lowest BCUT2D eigenvalue weighted by molar-refractivity contribution is 0.00332. The summed E-state index contributed by atoms with van der Waals surface area (Å²) in [4.78, 5) is 18.7. The molecule has 1 atom stereocenters. The molecule has 0 bridgehead atoms. The number of nitrogens with zero attached hydrogens (tertiary/aromatic N) is 2. The van der Waals surface area contributed by atoms with Gasteiger partial charge in [-0.05, 0) is 26.0 Å². The van der Waals surface area contributed by atoms with Gasteiger partial charge >= 0.3 is 0 Å². The minimum atomic E-state index is -0.0356. The molecule has 6 heteroatoms. The molecular formula is C14H16N2O3S. The minimum Gasteiger partial charge on any atom is -0.459 e. The van der Waals surface area contributed by atoms with E-state index in [2.05, 4.69) is 4.98 Å². The number of carbonyl (C=O) groups excluding carboxylic acids is 1. The Morgan fingerprint density at radius 1 is 1.50 bits per heavy atom. The van der Waals surface area contributed by atoms with Crippen molar-refractivity contribution in [1.82, 2.24) is 9.88 Å². The summed E-state index contributed by atoms with van der Waals surface area (Å²) >= 11 is 1.43. The fraction of sp³-hybridized carbons (Fsp3) is 0.429. The summed E-state index contributed by atoms with van der Waals surface area (Å²) < 4.78 is 10.9. The molecule has 2 aromatic rings. The highest BCUT2D eigenvalue weighted by molar-refractivity contribution is 7.13. The van der Waals surface area contributed by atoms with Gasteiger partial charge in [-0.2, -0.15) is 0 Å². The summed E-state index contributed by atoms with van der Waals surface area (Å²) in [5.41, 5.74) is 0.479. The maximum atomic E-state index is 12.4. The quantitative estimate of drug-likeness (QED) is 0.853. The lowest BCUT2D eigenvalue weighted by atomic mass is 10.2. The maximum absolute atomic E-state index is 12.4. The molecule has 0 unspecified atom stereocenters. The summed E-state index contributed by atoms with van der Waals surface area (Å²) in [7, 11) is 0. The van der Waals surface area contributed by atoms with E-state index in [4.69, 9.17) is 9.15 Å². The number of ether oxygens (including phenoxy) is 1. The highest BCUT2D eigenvalue weighted by Crippen LogP contribution is 2.26. The molecule has 3 heterocycles. The molecule has 1 aliphatic rings. The second kappa shape index (κ2) is 5.38. The van der Waals surface area contributed by atoms with E-state index in [1.807, 2.05) is 30.9 Å². The molecule has 0 N–H and O–H groups in total. The van der Waals surface area contributed by atoms with E-state index in [9.17, 15) is 4.79 Å². The zero-order chi connectivity index (χ0) is 14.1. The number of hydrogen-bond acceptors (Lipinski definition) is 5. The topological polar surface area (TPSA) is 55.6 Å². The van der Waals surface area contributed by atoms with Crippen LogP contribution >= 0.6 is 11.3 Å². The second-order valence-electron chi connectivity index (χ2n) is 4.87. The van der Waals surface area contributed by atoms with E-state index in [0.29, 0.717) is 31.2 Å². The molecule has 0 saturated carbocycles. The highest BCUT2D eigenvalue weighted by Gasteiger charge is 2.26. The first kappa shape index (κ1) is 13.3. The molecule has 1 aliphatic heterocycles. The SMILES string of the molecule is Cc1ccc(-c2nc(C(=O)N3CCOC[C@H]3C)cs2)o1. The number of amides is 1. The summed E-state index contributed by atoms with van der Waals surface area (Å²) in [6, 6.07) is 3.86. The fourth-order valence-corrected chi connectivity index (χ4v) is 2.96. The molecular weight excluding hydrogens is 276 g/mol.